The molecule has 5 heteroatoms. The molecule has 0 radical (unpaired) electrons. The lowest BCUT2D eigenvalue weighted by Crippen LogP contribution is -2.08. The highest BCUT2D eigenvalue weighted by Gasteiger charge is 2.10. The lowest BCUT2D eigenvalue weighted by Gasteiger charge is -2.15. The normalized spacial score (nSPS) is 11.6. The zero-order valence-electron chi connectivity index (χ0n) is 19.9. The summed E-state index contributed by atoms with van der Waals surface area (Å²) in [6.07, 6.45) is 4.76. The van der Waals surface area contributed by atoms with Crippen LogP contribution in [0.5, 0.6) is 17.2 Å². The van der Waals surface area contributed by atoms with E-state index in [0.29, 0.717) is 19.8 Å². The Hall–Kier alpha value is -2.95. The number of rotatable bonds is 11. The number of aryl methyl sites for hydroxylation is 4. The van der Waals surface area contributed by atoms with Gasteiger partial charge in [0.1, 0.15) is 31.0 Å². The van der Waals surface area contributed by atoms with Gasteiger partial charge < -0.3 is 19.0 Å². The van der Waals surface area contributed by atoms with Crippen molar-refractivity contribution in [2.75, 3.05) is 26.9 Å². The van der Waals surface area contributed by atoms with E-state index in [0.717, 1.165) is 57.2 Å². The van der Waals surface area contributed by atoms with E-state index < -0.39 is 0 Å². The van der Waals surface area contributed by atoms with Crippen molar-refractivity contribution in [2.45, 2.75) is 48.0 Å². The average molecular weight is 426 g/mol. The molecule has 0 amide bonds. The summed E-state index contributed by atoms with van der Waals surface area (Å²) < 4.78 is 17.8. The summed E-state index contributed by atoms with van der Waals surface area (Å²) in [4.78, 5) is 4.89. The van der Waals surface area contributed by atoms with Crippen LogP contribution in [0.25, 0.3) is 0 Å². The molecule has 0 saturated heterocycles. The highest BCUT2D eigenvalue weighted by atomic mass is 16.6. The summed E-state index contributed by atoms with van der Waals surface area (Å²) in [6.45, 7) is 13.9. The predicted molar refractivity (Wildman–Crippen MR) is 127 cm³/mol. The van der Waals surface area contributed by atoms with Gasteiger partial charge in [0.05, 0.1) is 18.9 Å². The van der Waals surface area contributed by atoms with Crippen LogP contribution in [0.15, 0.2) is 41.6 Å². The van der Waals surface area contributed by atoms with Crippen LogP contribution >= 0.6 is 0 Å². The third kappa shape index (κ3) is 7.06. The van der Waals surface area contributed by atoms with Crippen molar-refractivity contribution in [2.24, 2.45) is 5.16 Å². The molecular formula is C26H35NO4. The van der Waals surface area contributed by atoms with Crippen molar-refractivity contribution in [1.29, 1.82) is 0 Å². The topological polar surface area (TPSA) is 49.3 Å². The summed E-state index contributed by atoms with van der Waals surface area (Å²) in [5, 5.41) is 4.03. The monoisotopic (exact) mass is 425 g/mol. The number of nitrogens with zero attached hydrogens (tertiary/aromatic N) is 1. The van der Waals surface area contributed by atoms with Gasteiger partial charge in [0.25, 0.3) is 0 Å². The molecule has 0 heterocycles. The second kappa shape index (κ2) is 12.0. The van der Waals surface area contributed by atoms with Gasteiger partial charge in [-0.15, -0.1) is 0 Å². The number of hydrogen-bond donors (Lipinski definition) is 0. The molecule has 2 rings (SSSR count). The molecule has 0 saturated carbocycles. The van der Waals surface area contributed by atoms with Crippen molar-refractivity contribution in [1.82, 2.24) is 0 Å². The van der Waals surface area contributed by atoms with E-state index in [9.17, 15) is 0 Å². The molecule has 0 aliphatic rings. The molecule has 0 aliphatic carbocycles. The predicted octanol–water partition coefficient (Wildman–Crippen LogP) is 6.09. The Kier molecular flexibility index (Phi) is 9.44. The van der Waals surface area contributed by atoms with Crippen LogP contribution in [-0.2, 0) is 4.84 Å². The maximum atomic E-state index is 6.04. The van der Waals surface area contributed by atoms with Crippen LogP contribution in [0.3, 0.4) is 0 Å². The van der Waals surface area contributed by atoms with Crippen LogP contribution in [0.4, 0.5) is 0 Å². The number of allylic oxidation sites excluding steroid dienone is 1. The maximum absolute atomic E-state index is 6.04. The minimum atomic E-state index is 0.575. The van der Waals surface area contributed by atoms with Gasteiger partial charge in [0, 0.05) is 12.0 Å². The Morgan fingerprint density at radius 2 is 1.55 bits per heavy atom. The fourth-order valence-corrected chi connectivity index (χ4v) is 3.40. The minimum Gasteiger partial charge on any atom is -0.493 e. The molecule has 0 spiro atoms. The van der Waals surface area contributed by atoms with Gasteiger partial charge in [0.2, 0.25) is 0 Å². The summed E-state index contributed by atoms with van der Waals surface area (Å²) >= 11 is 0. The summed E-state index contributed by atoms with van der Waals surface area (Å²) in [6, 6.07) is 8.18. The third-order valence-electron chi connectivity index (χ3n) is 4.95. The van der Waals surface area contributed by atoms with Crippen LogP contribution < -0.4 is 14.2 Å². The Bertz CT molecular complexity index is 908. The number of oxime groups is 1. The van der Waals surface area contributed by atoms with Gasteiger partial charge in [0.15, 0.2) is 0 Å². The van der Waals surface area contributed by atoms with E-state index in [1.807, 2.05) is 58.9 Å². The van der Waals surface area contributed by atoms with Crippen molar-refractivity contribution in [3.8, 4) is 17.2 Å². The van der Waals surface area contributed by atoms with Gasteiger partial charge >= 0.3 is 0 Å². The molecule has 31 heavy (non-hydrogen) atoms. The molecule has 0 aromatic heterocycles. The lowest BCUT2D eigenvalue weighted by molar-refractivity contribution is 0.213. The van der Waals surface area contributed by atoms with Crippen LogP contribution in [0.1, 0.15) is 48.1 Å². The van der Waals surface area contributed by atoms with Gasteiger partial charge in [-0.05, 0) is 88.1 Å². The fourth-order valence-electron chi connectivity index (χ4n) is 3.40. The number of benzene rings is 2. The van der Waals surface area contributed by atoms with Crippen LogP contribution in [-0.4, -0.2) is 32.6 Å². The van der Waals surface area contributed by atoms with Crippen molar-refractivity contribution >= 4 is 5.71 Å². The Morgan fingerprint density at radius 1 is 0.871 bits per heavy atom. The number of hydrogen-bond acceptors (Lipinski definition) is 5. The van der Waals surface area contributed by atoms with E-state index in [2.05, 4.69) is 24.2 Å². The summed E-state index contributed by atoms with van der Waals surface area (Å²) in [5.41, 5.74) is 6.26. The quantitative estimate of drug-likeness (QED) is 0.189. The van der Waals surface area contributed by atoms with Gasteiger partial charge in [-0.25, -0.2) is 0 Å². The second-order valence-corrected chi connectivity index (χ2v) is 7.61. The number of ether oxygens (including phenoxy) is 3. The first-order valence-electron chi connectivity index (χ1n) is 10.7. The standard InChI is InChI=1S/C26H35NO4/c1-8-9-11-29-23-14-20(4)26(21(5)15-23)31-13-10-12-30-25-17-18(2)24(16-19(25)3)22(6)27-28-7/h8-9,14-17H,10-13H2,1-7H3/b9-8+,27-22+. The van der Waals surface area contributed by atoms with E-state index in [1.165, 1.54) is 0 Å². The zero-order chi connectivity index (χ0) is 22.8. The van der Waals surface area contributed by atoms with E-state index in [4.69, 9.17) is 19.0 Å². The van der Waals surface area contributed by atoms with Crippen LogP contribution in [0.2, 0.25) is 0 Å². The molecule has 0 fully saturated rings. The first-order chi connectivity index (χ1) is 14.9. The second-order valence-electron chi connectivity index (χ2n) is 7.61. The van der Waals surface area contributed by atoms with E-state index >= 15 is 0 Å². The molecule has 0 aliphatic heterocycles. The average Bonchev–Trinajstić information content (AvgIpc) is 2.72. The Morgan fingerprint density at radius 3 is 2.19 bits per heavy atom. The van der Waals surface area contributed by atoms with Gasteiger partial charge in [-0.3, -0.25) is 0 Å². The molecule has 0 unspecified atom stereocenters. The summed E-state index contributed by atoms with van der Waals surface area (Å²) in [5.74, 6) is 2.67. The Balaban J connectivity index is 1.88. The zero-order valence-corrected chi connectivity index (χ0v) is 19.9. The largest absolute Gasteiger partial charge is 0.493 e. The van der Waals surface area contributed by atoms with E-state index in [-0.39, 0.29) is 0 Å². The summed E-state index contributed by atoms with van der Waals surface area (Å²) in [7, 11) is 1.56. The molecule has 0 N–H and O–H groups in total. The molecule has 2 aromatic carbocycles. The van der Waals surface area contributed by atoms with Crippen LogP contribution in [0, 0.1) is 27.7 Å². The smallest absolute Gasteiger partial charge is 0.125 e. The molecule has 0 bridgehead atoms. The fraction of sp³-hybridized carbons (Fsp3) is 0.423. The van der Waals surface area contributed by atoms with Gasteiger partial charge in [-0.2, -0.15) is 0 Å². The molecular weight excluding hydrogens is 390 g/mol. The minimum absolute atomic E-state index is 0.575. The maximum Gasteiger partial charge on any atom is 0.125 e. The molecule has 0 atom stereocenters. The first-order valence-corrected chi connectivity index (χ1v) is 10.7. The third-order valence-corrected chi connectivity index (χ3v) is 4.95. The van der Waals surface area contributed by atoms with Gasteiger partial charge in [-0.1, -0.05) is 17.3 Å². The lowest BCUT2D eigenvalue weighted by atomic mass is 10.0. The molecule has 5 nitrogen and oxygen atoms in total. The van der Waals surface area contributed by atoms with Crippen molar-refractivity contribution < 1.29 is 19.0 Å². The molecule has 2 aromatic rings. The molecule has 168 valence electrons. The van der Waals surface area contributed by atoms with Crippen molar-refractivity contribution in [3.05, 3.63) is 64.2 Å². The first kappa shape index (κ1) is 24.3. The van der Waals surface area contributed by atoms with E-state index in [1.54, 1.807) is 7.11 Å². The van der Waals surface area contributed by atoms with Crippen molar-refractivity contribution in [3.63, 3.8) is 0 Å². The Labute approximate surface area is 186 Å². The highest BCUT2D eigenvalue weighted by Crippen LogP contribution is 2.29. The SMILES string of the molecule is C/C=C/COc1cc(C)c(OCCCOc2cc(C)c(/C(C)=N/OC)cc2C)c(C)c1. The highest BCUT2D eigenvalue weighted by molar-refractivity contribution is 6.00.